The highest BCUT2D eigenvalue weighted by Gasteiger charge is 2.22. The van der Waals surface area contributed by atoms with Gasteiger partial charge in [0, 0.05) is 49.7 Å². The fraction of sp³-hybridized carbons (Fsp3) is 0.0364. The summed E-state index contributed by atoms with van der Waals surface area (Å²) in [6.45, 7) is 3.80. The lowest BCUT2D eigenvalue weighted by atomic mass is 10.0. The van der Waals surface area contributed by atoms with Crippen LogP contribution >= 0.6 is 0 Å². The molecule has 0 atom stereocenters. The first-order valence-corrected chi connectivity index (χ1v) is 20.9. The van der Waals surface area contributed by atoms with E-state index in [9.17, 15) is 0 Å². The predicted octanol–water partition coefficient (Wildman–Crippen LogP) is 12.8. The Morgan fingerprint density at radius 1 is 0.302 bits per heavy atom. The van der Waals surface area contributed by atoms with Gasteiger partial charge in [0.2, 0.25) is 0 Å². The first-order chi connectivity index (χ1) is 31.0. The Hall–Kier alpha value is -8.49. The van der Waals surface area contributed by atoms with E-state index in [4.69, 9.17) is 29.9 Å². The minimum absolute atomic E-state index is 0.577. The van der Waals surface area contributed by atoms with Crippen LogP contribution in [0, 0.1) is 13.8 Å². The number of hydrogen-bond acceptors (Lipinski definition) is 7. The number of hydrogen-bond donors (Lipinski definition) is 0. The van der Waals surface area contributed by atoms with E-state index in [0.717, 1.165) is 89.2 Å². The van der Waals surface area contributed by atoms with Gasteiger partial charge in [-0.1, -0.05) is 140 Å². The lowest BCUT2D eigenvalue weighted by Gasteiger charge is -2.17. The maximum absolute atomic E-state index is 5.38. The average Bonchev–Trinajstić information content (AvgIpc) is 3.68. The van der Waals surface area contributed by atoms with Gasteiger partial charge in [0.15, 0.2) is 17.5 Å². The number of fused-ring (bicyclic) bond motifs is 3. The fourth-order valence-electron chi connectivity index (χ4n) is 8.34. The second-order valence-corrected chi connectivity index (χ2v) is 15.5. The summed E-state index contributed by atoms with van der Waals surface area (Å²) < 4.78 is 2.31. The molecule has 11 aromatic rings. The molecule has 63 heavy (non-hydrogen) atoms. The highest BCUT2D eigenvalue weighted by Crippen LogP contribution is 2.40. The van der Waals surface area contributed by atoms with Crippen molar-refractivity contribution in [2.45, 2.75) is 13.8 Å². The van der Waals surface area contributed by atoms with Gasteiger partial charge in [-0.3, -0.25) is 0 Å². The molecule has 0 fully saturated rings. The third-order valence-electron chi connectivity index (χ3n) is 11.3. The molecule has 4 aromatic heterocycles. The third-order valence-corrected chi connectivity index (χ3v) is 11.3. The van der Waals surface area contributed by atoms with Crippen LogP contribution in [0.15, 0.2) is 194 Å². The third kappa shape index (κ3) is 7.19. The Morgan fingerprint density at radius 3 is 1.24 bits per heavy atom. The molecule has 0 saturated heterocycles. The van der Waals surface area contributed by atoms with Crippen molar-refractivity contribution in [1.82, 2.24) is 39.5 Å². The smallest absolute Gasteiger partial charge is 0.163 e. The number of benzene rings is 7. The molecule has 0 unspecified atom stereocenters. The fourth-order valence-corrected chi connectivity index (χ4v) is 8.34. The molecular weight excluding hydrogens is 773 g/mol. The molecule has 0 aliphatic heterocycles. The molecule has 0 N–H and O–H groups in total. The van der Waals surface area contributed by atoms with Gasteiger partial charge in [-0.25, -0.2) is 34.9 Å². The molecule has 0 amide bonds. The second-order valence-electron chi connectivity index (χ2n) is 15.5. The van der Waals surface area contributed by atoms with E-state index in [-0.39, 0.29) is 0 Å². The molecule has 7 aromatic carbocycles. The molecule has 11 rings (SSSR count). The molecule has 4 heterocycles. The largest absolute Gasteiger partial charge is 0.309 e. The Balaban J connectivity index is 1.19. The van der Waals surface area contributed by atoms with E-state index in [0.29, 0.717) is 29.1 Å². The van der Waals surface area contributed by atoms with Crippen LogP contribution in [0.2, 0.25) is 0 Å². The van der Waals surface area contributed by atoms with Crippen LogP contribution in [-0.4, -0.2) is 39.5 Å². The molecule has 8 heteroatoms. The Labute approximate surface area is 364 Å². The average molecular weight is 811 g/mol. The predicted molar refractivity (Wildman–Crippen MR) is 253 cm³/mol. The van der Waals surface area contributed by atoms with Crippen LogP contribution < -0.4 is 0 Å². The summed E-state index contributed by atoms with van der Waals surface area (Å²) in [6, 6.07) is 66.6. The van der Waals surface area contributed by atoms with Gasteiger partial charge in [0.1, 0.15) is 11.6 Å². The zero-order chi connectivity index (χ0) is 42.3. The molecule has 0 saturated carbocycles. The van der Waals surface area contributed by atoms with Crippen LogP contribution in [0.25, 0.3) is 107 Å². The maximum Gasteiger partial charge on any atom is 0.163 e. The van der Waals surface area contributed by atoms with Gasteiger partial charge in [0.25, 0.3) is 0 Å². The summed E-state index contributed by atoms with van der Waals surface area (Å²) in [4.78, 5) is 35.1. The summed E-state index contributed by atoms with van der Waals surface area (Å²) in [5, 5.41) is 2.17. The summed E-state index contributed by atoms with van der Waals surface area (Å²) in [6.07, 6.45) is 0. The highest BCUT2D eigenvalue weighted by molar-refractivity contribution is 6.11. The monoisotopic (exact) mass is 810 g/mol. The van der Waals surface area contributed by atoms with Gasteiger partial charge in [-0.15, -0.1) is 0 Å². The van der Waals surface area contributed by atoms with Crippen molar-refractivity contribution < 1.29 is 0 Å². The van der Waals surface area contributed by atoms with Crippen molar-refractivity contribution in [2.75, 3.05) is 0 Å². The number of nitrogens with zero attached hydrogens (tertiary/aromatic N) is 8. The van der Waals surface area contributed by atoms with Gasteiger partial charge in [-0.2, -0.15) is 0 Å². The lowest BCUT2D eigenvalue weighted by Crippen LogP contribution is -2.03. The molecule has 0 radical (unpaired) electrons. The van der Waals surface area contributed by atoms with Crippen molar-refractivity contribution in [3.05, 3.63) is 206 Å². The molecule has 0 spiro atoms. The van der Waals surface area contributed by atoms with Crippen molar-refractivity contribution in [2.24, 2.45) is 0 Å². The van der Waals surface area contributed by atoms with Crippen molar-refractivity contribution in [3.8, 4) is 84.9 Å². The summed E-state index contributed by atoms with van der Waals surface area (Å²) >= 11 is 0. The molecule has 8 nitrogen and oxygen atoms in total. The molecule has 0 aliphatic rings. The van der Waals surface area contributed by atoms with Crippen molar-refractivity contribution in [1.29, 1.82) is 0 Å². The Bertz CT molecular complexity index is 3320. The Kier molecular flexibility index (Phi) is 9.43. The van der Waals surface area contributed by atoms with Gasteiger partial charge in [0.05, 0.1) is 39.5 Å². The van der Waals surface area contributed by atoms with Crippen LogP contribution in [0.5, 0.6) is 0 Å². The summed E-state index contributed by atoms with van der Waals surface area (Å²) in [5.74, 6) is 3.20. The SMILES string of the molecule is Cc1nc(C)nc(-c2ccc3c(c2)c2ccccc2n3-c2ccc(-c3nc(-c4ccccc4)cc(-c4ccccc4)n3)cc2-c2nc(-c3ccccc3)cc(-c3ccccc3)n2)n1. The highest BCUT2D eigenvalue weighted by atomic mass is 15.0. The topological polar surface area (TPSA) is 95.2 Å². The van der Waals surface area contributed by atoms with Gasteiger partial charge < -0.3 is 4.57 Å². The van der Waals surface area contributed by atoms with E-state index in [1.54, 1.807) is 0 Å². The van der Waals surface area contributed by atoms with Gasteiger partial charge >= 0.3 is 0 Å². The zero-order valence-corrected chi connectivity index (χ0v) is 34.6. The molecule has 298 valence electrons. The minimum atomic E-state index is 0.577. The number of aromatic nitrogens is 8. The number of rotatable bonds is 8. The van der Waals surface area contributed by atoms with E-state index >= 15 is 0 Å². The van der Waals surface area contributed by atoms with Gasteiger partial charge in [-0.05, 0) is 68.4 Å². The second kappa shape index (κ2) is 15.8. The van der Waals surface area contributed by atoms with Crippen LogP contribution in [0.1, 0.15) is 11.6 Å². The van der Waals surface area contributed by atoms with E-state index in [1.807, 2.05) is 86.6 Å². The number of aryl methyl sites for hydroxylation is 2. The quantitative estimate of drug-likeness (QED) is 0.151. The molecule has 0 aliphatic carbocycles. The van der Waals surface area contributed by atoms with Crippen molar-refractivity contribution >= 4 is 21.8 Å². The normalized spacial score (nSPS) is 11.3. The lowest BCUT2D eigenvalue weighted by molar-refractivity contribution is 0.929. The van der Waals surface area contributed by atoms with E-state index in [1.165, 1.54) is 0 Å². The number of para-hydroxylation sites is 1. The maximum atomic E-state index is 5.38. The zero-order valence-electron chi connectivity index (χ0n) is 34.6. The van der Waals surface area contributed by atoms with Crippen LogP contribution in [0.3, 0.4) is 0 Å². The first kappa shape index (κ1) is 37.5. The van der Waals surface area contributed by atoms with Crippen LogP contribution in [-0.2, 0) is 0 Å². The summed E-state index contributed by atoms with van der Waals surface area (Å²) in [7, 11) is 0. The van der Waals surface area contributed by atoms with E-state index < -0.39 is 0 Å². The Morgan fingerprint density at radius 2 is 0.714 bits per heavy atom. The minimum Gasteiger partial charge on any atom is -0.309 e. The molecular formula is C55H38N8. The van der Waals surface area contributed by atoms with E-state index in [2.05, 4.69) is 131 Å². The standard InChI is InChI=1S/C55H38N8/c1-35-56-36(2)58-53(57-35)41-27-29-51-44(31-41)43-25-15-16-26-50(43)63(51)52-30-28-42(54-59-46(37-17-7-3-8-18-37)33-47(60-54)38-19-9-4-10-20-38)32-45(52)55-61-48(39-21-11-5-12-22-39)34-49(62-55)40-23-13-6-14-24-40/h3-34H,1-2H3. The van der Waals surface area contributed by atoms with Crippen molar-refractivity contribution in [3.63, 3.8) is 0 Å². The summed E-state index contributed by atoms with van der Waals surface area (Å²) in [5.41, 5.74) is 12.9. The molecule has 0 bridgehead atoms. The van der Waals surface area contributed by atoms with Crippen LogP contribution in [0.4, 0.5) is 0 Å². The first-order valence-electron chi connectivity index (χ1n) is 20.9.